The van der Waals surface area contributed by atoms with Crippen molar-refractivity contribution in [1.82, 2.24) is 10.5 Å². The molecule has 0 aliphatic carbocycles. The Morgan fingerprint density at radius 2 is 1.58 bits per heavy atom. The second kappa shape index (κ2) is 11.9. The number of rotatable bonds is 9. The molecule has 1 heterocycles. The van der Waals surface area contributed by atoms with E-state index in [1.807, 2.05) is 48.5 Å². The van der Waals surface area contributed by atoms with Crippen molar-refractivity contribution in [3.63, 3.8) is 0 Å². The zero-order chi connectivity index (χ0) is 27.1. The predicted molar refractivity (Wildman–Crippen MR) is 141 cm³/mol. The molecule has 4 rings (SSSR count). The van der Waals surface area contributed by atoms with Crippen LogP contribution in [0.25, 0.3) is 11.3 Å². The van der Waals surface area contributed by atoms with Crippen LogP contribution in [0.5, 0.6) is 0 Å². The van der Waals surface area contributed by atoms with Gasteiger partial charge in [0.05, 0.1) is 0 Å². The molecule has 3 N–H and O–H groups in total. The highest BCUT2D eigenvalue weighted by atomic mass is 16.6. The van der Waals surface area contributed by atoms with Gasteiger partial charge in [0.2, 0.25) is 0 Å². The lowest BCUT2D eigenvalue weighted by Gasteiger charge is -2.15. The van der Waals surface area contributed by atoms with Gasteiger partial charge < -0.3 is 19.7 Å². The van der Waals surface area contributed by atoms with Gasteiger partial charge in [-0.05, 0) is 37.1 Å². The SMILES string of the molecule is Cc1noc(-c2ccc(C(=O)NC(Cc3ccccc3)C(=O)O)cc2)c1NC(=O)OC(C)c1ccccc1. The van der Waals surface area contributed by atoms with E-state index in [9.17, 15) is 19.5 Å². The van der Waals surface area contributed by atoms with Gasteiger partial charge in [0.25, 0.3) is 5.91 Å². The molecule has 0 fully saturated rings. The van der Waals surface area contributed by atoms with Gasteiger partial charge >= 0.3 is 12.1 Å². The normalized spacial score (nSPS) is 12.3. The summed E-state index contributed by atoms with van der Waals surface area (Å²) in [5, 5.41) is 18.8. The molecule has 0 spiro atoms. The van der Waals surface area contributed by atoms with Gasteiger partial charge in [-0.1, -0.05) is 78.0 Å². The van der Waals surface area contributed by atoms with E-state index in [2.05, 4.69) is 15.8 Å². The van der Waals surface area contributed by atoms with Crippen LogP contribution < -0.4 is 10.6 Å². The van der Waals surface area contributed by atoms with Crippen LogP contribution in [0.1, 0.15) is 40.2 Å². The molecule has 1 aromatic heterocycles. The molecule has 0 saturated heterocycles. The van der Waals surface area contributed by atoms with E-state index in [1.54, 1.807) is 50.2 Å². The predicted octanol–water partition coefficient (Wildman–Crippen LogP) is 5.39. The number of aromatic nitrogens is 1. The zero-order valence-electron chi connectivity index (χ0n) is 20.9. The number of carboxylic acid groups (broad SMARTS) is 1. The molecule has 9 nitrogen and oxygen atoms in total. The number of carboxylic acids is 1. The van der Waals surface area contributed by atoms with Crippen molar-refractivity contribution >= 4 is 23.7 Å². The molecule has 2 atom stereocenters. The minimum Gasteiger partial charge on any atom is -0.480 e. The van der Waals surface area contributed by atoms with E-state index in [4.69, 9.17) is 9.26 Å². The number of aryl methyl sites for hydroxylation is 1. The van der Waals surface area contributed by atoms with Gasteiger partial charge in [-0.3, -0.25) is 10.1 Å². The van der Waals surface area contributed by atoms with E-state index < -0.39 is 30.1 Å². The molecule has 9 heteroatoms. The topological polar surface area (TPSA) is 131 Å². The maximum atomic E-state index is 12.7. The molecular weight excluding hydrogens is 486 g/mol. The number of hydrogen-bond donors (Lipinski definition) is 3. The van der Waals surface area contributed by atoms with Crippen LogP contribution in [-0.2, 0) is 16.0 Å². The van der Waals surface area contributed by atoms with E-state index in [0.717, 1.165) is 11.1 Å². The van der Waals surface area contributed by atoms with Crippen LogP contribution in [0.4, 0.5) is 10.5 Å². The molecule has 3 aromatic carbocycles. The molecule has 0 saturated carbocycles. The standard InChI is InChI=1S/C29H27N3O6/c1-18-25(31-29(36)37-19(2)21-11-7-4-8-12-21)26(38-32-18)22-13-15-23(16-14-22)27(33)30-24(28(34)35)17-20-9-5-3-6-10-20/h3-16,19,24H,17H2,1-2H3,(H,30,33)(H,31,36)(H,34,35). The van der Waals surface area contributed by atoms with Crippen molar-refractivity contribution in [2.75, 3.05) is 5.32 Å². The maximum absolute atomic E-state index is 12.7. The van der Waals surface area contributed by atoms with Crippen LogP contribution in [-0.4, -0.2) is 34.3 Å². The minimum absolute atomic E-state index is 0.158. The van der Waals surface area contributed by atoms with Gasteiger partial charge in [-0.2, -0.15) is 0 Å². The number of hydrogen-bond acceptors (Lipinski definition) is 6. The first kappa shape index (κ1) is 26.2. The Hall–Kier alpha value is -4.92. The molecule has 0 aliphatic heterocycles. The zero-order valence-corrected chi connectivity index (χ0v) is 20.9. The van der Waals surface area contributed by atoms with Crippen LogP contribution in [0.2, 0.25) is 0 Å². The number of ether oxygens (including phenoxy) is 1. The number of carbonyl (C=O) groups is 3. The lowest BCUT2D eigenvalue weighted by Crippen LogP contribution is -2.42. The van der Waals surface area contributed by atoms with Crippen LogP contribution >= 0.6 is 0 Å². The average Bonchev–Trinajstić information content (AvgIpc) is 3.28. The number of carbonyl (C=O) groups excluding carboxylic acids is 2. The fourth-order valence-corrected chi connectivity index (χ4v) is 3.86. The van der Waals surface area contributed by atoms with Gasteiger partial charge in [0.15, 0.2) is 5.76 Å². The van der Waals surface area contributed by atoms with Crippen molar-refractivity contribution in [3.8, 4) is 11.3 Å². The van der Waals surface area contributed by atoms with E-state index >= 15 is 0 Å². The second-order valence-corrected chi connectivity index (χ2v) is 8.69. The Kier molecular flexibility index (Phi) is 8.17. The van der Waals surface area contributed by atoms with Crippen molar-refractivity contribution in [1.29, 1.82) is 0 Å². The average molecular weight is 514 g/mol. The molecule has 0 radical (unpaired) electrons. The summed E-state index contributed by atoms with van der Waals surface area (Å²) < 4.78 is 10.9. The first-order valence-electron chi connectivity index (χ1n) is 12.0. The third-order valence-electron chi connectivity index (χ3n) is 5.94. The molecule has 38 heavy (non-hydrogen) atoms. The number of nitrogens with zero attached hydrogens (tertiary/aromatic N) is 1. The molecule has 4 aromatic rings. The number of amides is 2. The van der Waals surface area contributed by atoms with E-state index in [1.165, 1.54) is 0 Å². The summed E-state index contributed by atoms with van der Waals surface area (Å²) in [6.45, 7) is 3.46. The van der Waals surface area contributed by atoms with Crippen molar-refractivity contribution in [2.24, 2.45) is 0 Å². The van der Waals surface area contributed by atoms with Crippen LogP contribution in [0, 0.1) is 6.92 Å². The number of anilines is 1. The fourth-order valence-electron chi connectivity index (χ4n) is 3.86. The van der Waals surface area contributed by atoms with Gasteiger partial charge in [0.1, 0.15) is 23.5 Å². The molecule has 0 aliphatic rings. The highest BCUT2D eigenvalue weighted by Gasteiger charge is 2.23. The first-order chi connectivity index (χ1) is 18.3. The number of nitrogens with one attached hydrogen (secondary N) is 2. The largest absolute Gasteiger partial charge is 0.480 e. The minimum atomic E-state index is -1.12. The summed E-state index contributed by atoms with van der Waals surface area (Å²) in [5.74, 6) is -1.35. The summed E-state index contributed by atoms with van der Waals surface area (Å²) in [7, 11) is 0. The third kappa shape index (κ3) is 6.44. The smallest absolute Gasteiger partial charge is 0.412 e. The molecule has 194 valence electrons. The Morgan fingerprint density at radius 3 is 2.21 bits per heavy atom. The highest BCUT2D eigenvalue weighted by Crippen LogP contribution is 2.31. The van der Waals surface area contributed by atoms with E-state index in [-0.39, 0.29) is 12.0 Å². The van der Waals surface area contributed by atoms with Gasteiger partial charge in [0, 0.05) is 17.5 Å². The van der Waals surface area contributed by atoms with Crippen molar-refractivity contribution < 1.29 is 28.8 Å². The molecule has 0 bridgehead atoms. The Balaban J connectivity index is 1.43. The summed E-state index contributed by atoms with van der Waals surface area (Å²) in [6, 6.07) is 23.7. The lowest BCUT2D eigenvalue weighted by atomic mass is 10.0. The van der Waals surface area contributed by atoms with E-state index in [0.29, 0.717) is 22.7 Å². The molecular formula is C29H27N3O6. The van der Waals surface area contributed by atoms with Gasteiger partial charge in [-0.25, -0.2) is 9.59 Å². The van der Waals surface area contributed by atoms with Crippen LogP contribution in [0.15, 0.2) is 89.5 Å². The monoisotopic (exact) mass is 513 g/mol. The Bertz CT molecular complexity index is 1400. The van der Waals surface area contributed by atoms with Crippen LogP contribution in [0.3, 0.4) is 0 Å². The quantitative estimate of drug-likeness (QED) is 0.274. The molecule has 2 unspecified atom stereocenters. The lowest BCUT2D eigenvalue weighted by molar-refractivity contribution is -0.139. The van der Waals surface area contributed by atoms with Crippen molar-refractivity contribution in [2.45, 2.75) is 32.4 Å². The fraction of sp³-hybridized carbons (Fsp3) is 0.172. The Labute approximate surface area is 219 Å². The summed E-state index contributed by atoms with van der Waals surface area (Å²) in [6.07, 6.45) is -0.970. The summed E-state index contributed by atoms with van der Waals surface area (Å²) in [5.41, 5.74) is 3.29. The summed E-state index contributed by atoms with van der Waals surface area (Å²) >= 11 is 0. The first-order valence-corrected chi connectivity index (χ1v) is 12.0. The molecule has 2 amide bonds. The van der Waals surface area contributed by atoms with Crippen molar-refractivity contribution in [3.05, 3.63) is 107 Å². The number of aliphatic carboxylic acids is 1. The maximum Gasteiger partial charge on any atom is 0.412 e. The number of benzene rings is 3. The Morgan fingerprint density at radius 1 is 0.947 bits per heavy atom. The van der Waals surface area contributed by atoms with Gasteiger partial charge in [-0.15, -0.1) is 0 Å². The third-order valence-corrected chi connectivity index (χ3v) is 5.94. The second-order valence-electron chi connectivity index (χ2n) is 8.69. The summed E-state index contributed by atoms with van der Waals surface area (Å²) in [4.78, 5) is 37.0. The highest BCUT2D eigenvalue weighted by molar-refractivity contribution is 5.97.